The highest BCUT2D eigenvalue weighted by molar-refractivity contribution is 7.85. The number of benzene rings is 2. The van der Waals surface area contributed by atoms with E-state index in [1.54, 1.807) is 0 Å². The fraction of sp³-hybridized carbons (Fsp3) is 0.350. The predicted octanol–water partition coefficient (Wildman–Crippen LogP) is 2.69. The van der Waals surface area contributed by atoms with Crippen molar-refractivity contribution in [1.29, 1.82) is 0 Å². The monoisotopic (exact) mass is 388 g/mol. The van der Waals surface area contributed by atoms with Gasteiger partial charge in [-0.2, -0.15) is 13.0 Å². The highest BCUT2D eigenvalue weighted by Gasteiger charge is 2.18. The third kappa shape index (κ3) is 4.31. The summed E-state index contributed by atoms with van der Waals surface area (Å²) in [6.45, 7) is 0.510. The van der Waals surface area contributed by atoms with Crippen molar-refractivity contribution in [2.45, 2.75) is 13.0 Å². The van der Waals surface area contributed by atoms with Gasteiger partial charge in [-0.3, -0.25) is 4.55 Å². The van der Waals surface area contributed by atoms with Crippen LogP contribution in [0.1, 0.15) is 6.42 Å². The summed E-state index contributed by atoms with van der Waals surface area (Å²) < 4.78 is 33.4. The van der Waals surface area contributed by atoms with Gasteiger partial charge in [-0.15, -0.1) is 0 Å². The SMILES string of the molecule is CN(C)c1ccc2c(c1)cc1cc(N(C)C)ccc1[n+]2CCCS(=O)(=O)O. The summed E-state index contributed by atoms with van der Waals surface area (Å²) in [5.41, 5.74) is 4.30. The fourth-order valence-corrected chi connectivity index (χ4v) is 3.80. The molecular weight excluding hydrogens is 362 g/mol. The van der Waals surface area contributed by atoms with E-state index in [1.807, 2.05) is 28.2 Å². The molecule has 144 valence electrons. The molecule has 0 fully saturated rings. The van der Waals surface area contributed by atoms with Crippen LogP contribution in [-0.4, -0.2) is 46.9 Å². The van der Waals surface area contributed by atoms with Gasteiger partial charge in [0.1, 0.15) is 0 Å². The number of aromatic nitrogens is 1. The zero-order chi connectivity index (χ0) is 19.8. The first-order valence-electron chi connectivity index (χ1n) is 8.86. The molecule has 0 saturated carbocycles. The minimum absolute atomic E-state index is 0.247. The molecule has 0 radical (unpaired) electrons. The summed E-state index contributed by atoms with van der Waals surface area (Å²) >= 11 is 0. The van der Waals surface area contributed by atoms with E-state index in [1.165, 1.54) is 0 Å². The molecule has 6 nitrogen and oxygen atoms in total. The number of fused-ring (bicyclic) bond motifs is 2. The van der Waals surface area contributed by atoms with Gasteiger partial charge in [0.05, 0.1) is 5.75 Å². The minimum Gasteiger partial charge on any atom is -0.378 e. The van der Waals surface area contributed by atoms with Crippen LogP contribution in [-0.2, 0) is 16.7 Å². The maximum Gasteiger partial charge on any atom is 0.265 e. The van der Waals surface area contributed by atoms with Gasteiger partial charge in [0.2, 0.25) is 11.0 Å². The molecule has 3 aromatic rings. The zero-order valence-corrected chi connectivity index (χ0v) is 17.0. The molecule has 0 aliphatic rings. The molecule has 1 N–H and O–H groups in total. The molecule has 0 saturated heterocycles. The summed E-state index contributed by atoms with van der Waals surface area (Å²) in [5, 5.41) is 2.19. The predicted molar refractivity (Wildman–Crippen MR) is 111 cm³/mol. The second-order valence-electron chi connectivity index (χ2n) is 7.21. The van der Waals surface area contributed by atoms with E-state index in [0.29, 0.717) is 13.0 Å². The normalized spacial score (nSPS) is 11.9. The number of aryl methyl sites for hydroxylation is 1. The molecule has 0 bridgehead atoms. The smallest absolute Gasteiger partial charge is 0.265 e. The van der Waals surface area contributed by atoms with Gasteiger partial charge in [-0.25, -0.2) is 0 Å². The van der Waals surface area contributed by atoms with E-state index in [-0.39, 0.29) is 5.75 Å². The van der Waals surface area contributed by atoms with Gasteiger partial charge in [-0.1, -0.05) is 0 Å². The van der Waals surface area contributed by atoms with Gasteiger partial charge >= 0.3 is 0 Å². The van der Waals surface area contributed by atoms with Crippen LogP contribution in [0.4, 0.5) is 11.4 Å². The average Bonchev–Trinajstić information content (AvgIpc) is 2.58. The minimum atomic E-state index is -3.96. The Kier molecular flexibility index (Phi) is 5.26. The van der Waals surface area contributed by atoms with E-state index in [2.05, 4.69) is 56.8 Å². The van der Waals surface area contributed by atoms with Crippen molar-refractivity contribution in [3.05, 3.63) is 42.5 Å². The standard InChI is InChI=1S/C20H25N3O3S/c1-21(2)17-6-8-19-15(13-17)12-16-14-18(22(3)4)7-9-20(16)23(19)10-5-11-27(24,25)26/h6-9,12-14H,5,10-11H2,1-4H3/p+1. The Morgan fingerprint density at radius 1 is 0.852 bits per heavy atom. The molecule has 2 aromatic carbocycles. The van der Waals surface area contributed by atoms with Crippen molar-refractivity contribution < 1.29 is 17.5 Å². The zero-order valence-electron chi connectivity index (χ0n) is 16.2. The molecule has 0 atom stereocenters. The van der Waals surface area contributed by atoms with Crippen LogP contribution in [0.25, 0.3) is 21.8 Å². The largest absolute Gasteiger partial charge is 0.378 e. The van der Waals surface area contributed by atoms with Gasteiger partial charge in [0.25, 0.3) is 10.1 Å². The second kappa shape index (κ2) is 7.32. The lowest BCUT2D eigenvalue weighted by Crippen LogP contribution is -2.36. The number of hydrogen-bond acceptors (Lipinski definition) is 4. The molecule has 0 amide bonds. The summed E-state index contributed by atoms with van der Waals surface area (Å²) in [5.74, 6) is -0.247. The quantitative estimate of drug-likeness (QED) is 0.400. The molecule has 7 heteroatoms. The van der Waals surface area contributed by atoms with Crippen molar-refractivity contribution in [2.75, 3.05) is 43.7 Å². The van der Waals surface area contributed by atoms with E-state index in [0.717, 1.165) is 33.2 Å². The molecule has 1 heterocycles. The molecule has 3 rings (SSSR count). The molecule has 1 aromatic heterocycles. The fourth-order valence-electron chi connectivity index (χ4n) is 3.31. The Morgan fingerprint density at radius 3 is 1.74 bits per heavy atom. The Morgan fingerprint density at radius 2 is 1.33 bits per heavy atom. The van der Waals surface area contributed by atoms with E-state index in [4.69, 9.17) is 4.55 Å². The molecule has 0 aliphatic carbocycles. The Labute approximate surface area is 160 Å². The van der Waals surface area contributed by atoms with Gasteiger partial charge in [0, 0.05) is 68.9 Å². The number of hydrogen-bond donors (Lipinski definition) is 1. The van der Waals surface area contributed by atoms with Crippen molar-refractivity contribution in [3.8, 4) is 0 Å². The number of rotatable bonds is 6. The van der Waals surface area contributed by atoms with Crippen LogP contribution in [0.2, 0.25) is 0 Å². The number of nitrogens with zero attached hydrogens (tertiary/aromatic N) is 3. The number of pyridine rings is 1. The third-order valence-electron chi connectivity index (χ3n) is 4.73. The lowest BCUT2D eigenvalue weighted by Gasteiger charge is -2.15. The highest BCUT2D eigenvalue weighted by atomic mass is 32.2. The van der Waals surface area contributed by atoms with E-state index < -0.39 is 10.1 Å². The van der Waals surface area contributed by atoms with Crippen molar-refractivity contribution in [3.63, 3.8) is 0 Å². The maximum absolute atomic E-state index is 11.1. The lowest BCUT2D eigenvalue weighted by molar-refractivity contribution is -0.645. The Balaban J connectivity index is 2.19. The van der Waals surface area contributed by atoms with Crippen LogP contribution >= 0.6 is 0 Å². The Hall–Kier alpha value is -2.38. The maximum atomic E-state index is 11.1. The van der Waals surface area contributed by atoms with E-state index in [9.17, 15) is 8.42 Å². The topological polar surface area (TPSA) is 64.7 Å². The highest BCUT2D eigenvalue weighted by Crippen LogP contribution is 2.25. The number of anilines is 2. The average molecular weight is 389 g/mol. The van der Waals surface area contributed by atoms with Gasteiger partial charge < -0.3 is 9.80 Å². The summed E-state index contributed by atoms with van der Waals surface area (Å²) in [6.07, 6.45) is 0.350. The van der Waals surface area contributed by atoms with Crippen LogP contribution in [0.3, 0.4) is 0 Å². The summed E-state index contributed by atoms with van der Waals surface area (Å²) in [4.78, 5) is 4.12. The molecule has 27 heavy (non-hydrogen) atoms. The first-order chi connectivity index (χ1) is 12.7. The summed E-state index contributed by atoms with van der Waals surface area (Å²) in [6, 6.07) is 14.7. The molecule has 0 spiro atoms. The first-order valence-corrected chi connectivity index (χ1v) is 10.5. The van der Waals surface area contributed by atoms with Gasteiger partial charge in [-0.05, 0) is 30.3 Å². The van der Waals surface area contributed by atoms with Crippen molar-refractivity contribution in [1.82, 2.24) is 0 Å². The Bertz CT molecular complexity index is 1030. The molecule has 0 aliphatic heterocycles. The van der Waals surface area contributed by atoms with Gasteiger partial charge in [0.15, 0.2) is 6.54 Å². The van der Waals surface area contributed by atoms with Crippen LogP contribution in [0.15, 0.2) is 42.5 Å². The lowest BCUT2D eigenvalue weighted by atomic mass is 10.1. The van der Waals surface area contributed by atoms with Crippen LogP contribution in [0.5, 0.6) is 0 Å². The molecular formula is C20H26N3O3S+. The van der Waals surface area contributed by atoms with Crippen LogP contribution in [0, 0.1) is 0 Å². The van der Waals surface area contributed by atoms with Crippen molar-refractivity contribution in [2.24, 2.45) is 0 Å². The second-order valence-corrected chi connectivity index (χ2v) is 8.78. The first kappa shape index (κ1) is 19.4. The summed E-state index contributed by atoms with van der Waals surface area (Å²) in [7, 11) is 4.06. The van der Waals surface area contributed by atoms with Crippen LogP contribution < -0.4 is 14.4 Å². The molecule has 0 unspecified atom stereocenters. The third-order valence-corrected chi connectivity index (χ3v) is 5.54. The van der Waals surface area contributed by atoms with E-state index >= 15 is 0 Å². The van der Waals surface area contributed by atoms with Crippen molar-refractivity contribution >= 4 is 43.3 Å².